The van der Waals surface area contributed by atoms with Crippen LogP contribution >= 0.6 is 23.2 Å². The maximum atomic E-state index is 12.7. The van der Waals surface area contributed by atoms with Gasteiger partial charge in [-0.1, -0.05) is 35.3 Å². The second-order valence-electron chi connectivity index (χ2n) is 5.74. The molecule has 2 aromatic rings. The molecule has 7 heteroatoms. The minimum absolute atomic E-state index is 0.00953. The number of carbonyl (C=O) groups excluding carboxylic acids is 1. The van der Waals surface area contributed by atoms with Gasteiger partial charge in [0.05, 0.1) is 24.1 Å². The highest BCUT2D eigenvalue weighted by Crippen LogP contribution is 2.31. The Kier molecular flexibility index (Phi) is 6.13. The number of carbonyl (C=O) groups is 1. The maximum Gasteiger partial charge on any atom is 0.226 e. The topological polar surface area (TPSA) is 54.5 Å². The molecule has 1 aliphatic heterocycles. The van der Waals surface area contributed by atoms with E-state index in [-0.39, 0.29) is 25.0 Å². The van der Waals surface area contributed by atoms with Crippen molar-refractivity contribution in [1.29, 1.82) is 0 Å². The van der Waals surface area contributed by atoms with Gasteiger partial charge in [0.15, 0.2) is 0 Å². The van der Waals surface area contributed by atoms with Gasteiger partial charge < -0.3 is 15.0 Å². The van der Waals surface area contributed by atoms with Gasteiger partial charge in [-0.2, -0.15) is 0 Å². The normalized spacial score (nSPS) is 17.4. The van der Waals surface area contributed by atoms with Crippen molar-refractivity contribution >= 4 is 29.1 Å². The molecular weight excluding hydrogens is 361 g/mol. The Morgan fingerprint density at radius 3 is 3.00 bits per heavy atom. The van der Waals surface area contributed by atoms with Crippen LogP contribution in [0, 0.1) is 0 Å². The Bertz CT molecular complexity index is 728. The summed E-state index contributed by atoms with van der Waals surface area (Å²) in [6.07, 6.45) is 3.81. The zero-order valence-electron chi connectivity index (χ0n) is 13.6. The molecule has 1 aromatic carbocycles. The lowest BCUT2D eigenvalue weighted by molar-refractivity contribution is -0.135. The molecule has 25 heavy (non-hydrogen) atoms. The first-order valence-corrected chi connectivity index (χ1v) is 8.89. The zero-order chi connectivity index (χ0) is 17.6. The number of amides is 1. The van der Waals surface area contributed by atoms with Gasteiger partial charge in [0.2, 0.25) is 5.91 Å². The number of benzene rings is 1. The maximum absolute atomic E-state index is 12.7. The lowest BCUT2D eigenvalue weighted by atomic mass is 10.0. The molecule has 1 fully saturated rings. The summed E-state index contributed by atoms with van der Waals surface area (Å²) in [6, 6.07) is 9.07. The van der Waals surface area contributed by atoms with E-state index in [1.807, 2.05) is 17.0 Å². The molecule has 1 N–H and O–H groups in total. The van der Waals surface area contributed by atoms with E-state index in [2.05, 4.69) is 10.3 Å². The van der Waals surface area contributed by atoms with E-state index in [0.717, 1.165) is 18.7 Å². The van der Waals surface area contributed by atoms with Crippen LogP contribution < -0.4 is 10.1 Å². The third kappa shape index (κ3) is 4.42. The molecule has 1 saturated heterocycles. The molecule has 2 heterocycles. The fourth-order valence-electron chi connectivity index (χ4n) is 2.86. The monoisotopic (exact) mass is 379 g/mol. The van der Waals surface area contributed by atoms with E-state index in [1.165, 1.54) is 0 Å². The first-order chi connectivity index (χ1) is 12.2. The van der Waals surface area contributed by atoms with Crippen molar-refractivity contribution in [1.82, 2.24) is 15.2 Å². The number of piperazine rings is 1. The number of ether oxygens (including phenoxy) is 1. The minimum Gasteiger partial charge on any atom is -0.491 e. The number of rotatable bonds is 5. The van der Waals surface area contributed by atoms with Crippen LogP contribution in [0.2, 0.25) is 10.0 Å². The highest BCUT2D eigenvalue weighted by Gasteiger charge is 2.27. The Labute approximate surface area is 156 Å². The molecule has 132 valence electrons. The van der Waals surface area contributed by atoms with Crippen LogP contribution in [0.25, 0.3) is 0 Å². The van der Waals surface area contributed by atoms with Gasteiger partial charge in [0.25, 0.3) is 0 Å². The SMILES string of the molecule is O=C(CCOc1cccc(Cl)c1Cl)N1CCNCC1c1cccnc1. The second kappa shape index (κ2) is 8.52. The zero-order valence-corrected chi connectivity index (χ0v) is 15.1. The van der Waals surface area contributed by atoms with Crippen LogP contribution in [0.3, 0.4) is 0 Å². The first kappa shape index (κ1) is 18.0. The smallest absolute Gasteiger partial charge is 0.226 e. The molecule has 1 atom stereocenters. The predicted octanol–water partition coefficient (Wildman–Crippen LogP) is 3.33. The van der Waals surface area contributed by atoms with Crippen molar-refractivity contribution < 1.29 is 9.53 Å². The Hall–Kier alpha value is -1.82. The van der Waals surface area contributed by atoms with Gasteiger partial charge >= 0.3 is 0 Å². The number of pyridine rings is 1. The van der Waals surface area contributed by atoms with Gasteiger partial charge in [-0.25, -0.2) is 0 Å². The van der Waals surface area contributed by atoms with Gasteiger partial charge in [-0.3, -0.25) is 9.78 Å². The summed E-state index contributed by atoms with van der Waals surface area (Å²) >= 11 is 12.1. The predicted molar refractivity (Wildman–Crippen MR) is 98.1 cm³/mol. The van der Waals surface area contributed by atoms with Crippen molar-refractivity contribution in [2.75, 3.05) is 26.2 Å². The molecule has 0 spiro atoms. The summed E-state index contributed by atoms with van der Waals surface area (Å²) in [5.74, 6) is 0.541. The van der Waals surface area contributed by atoms with Gasteiger partial charge in [-0.15, -0.1) is 0 Å². The number of halogens is 2. The quantitative estimate of drug-likeness (QED) is 0.865. The number of nitrogens with one attached hydrogen (secondary N) is 1. The average molecular weight is 380 g/mol. The number of aromatic nitrogens is 1. The number of nitrogens with zero attached hydrogens (tertiary/aromatic N) is 2. The molecule has 1 aliphatic rings. The Morgan fingerprint density at radius 2 is 2.20 bits per heavy atom. The summed E-state index contributed by atoms with van der Waals surface area (Å²) in [4.78, 5) is 18.7. The first-order valence-electron chi connectivity index (χ1n) is 8.13. The van der Waals surface area contributed by atoms with Crippen molar-refractivity contribution in [3.63, 3.8) is 0 Å². The number of hydrogen-bond donors (Lipinski definition) is 1. The highest BCUT2D eigenvalue weighted by molar-refractivity contribution is 6.42. The largest absolute Gasteiger partial charge is 0.491 e. The van der Waals surface area contributed by atoms with Gasteiger partial charge in [-0.05, 0) is 23.8 Å². The van der Waals surface area contributed by atoms with E-state index in [4.69, 9.17) is 27.9 Å². The molecule has 0 radical (unpaired) electrons. The van der Waals surface area contributed by atoms with Crippen molar-refractivity contribution in [3.8, 4) is 5.75 Å². The third-order valence-corrected chi connectivity index (χ3v) is 4.92. The lowest BCUT2D eigenvalue weighted by Gasteiger charge is -2.36. The summed E-state index contributed by atoms with van der Waals surface area (Å²) in [5.41, 5.74) is 1.03. The van der Waals surface area contributed by atoms with Crippen LogP contribution in [0.1, 0.15) is 18.0 Å². The Balaban J connectivity index is 1.60. The van der Waals surface area contributed by atoms with Gasteiger partial charge in [0, 0.05) is 32.0 Å². The molecule has 0 saturated carbocycles. The van der Waals surface area contributed by atoms with E-state index in [0.29, 0.717) is 22.3 Å². The summed E-state index contributed by atoms with van der Waals surface area (Å²) < 4.78 is 5.63. The summed E-state index contributed by atoms with van der Waals surface area (Å²) in [6.45, 7) is 2.42. The third-order valence-electron chi connectivity index (χ3n) is 4.12. The lowest BCUT2D eigenvalue weighted by Crippen LogP contribution is -2.49. The fourth-order valence-corrected chi connectivity index (χ4v) is 3.21. The standard InChI is InChI=1S/C18H19Cl2N3O2/c19-14-4-1-5-16(18(14)20)25-10-6-17(24)23-9-8-22-12-15(23)13-3-2-7-21-11-13/h1-5,7,11,15,22H,6,8-10,12H2. The molecule has 1 amide bonds. The molecule has 1 unspecified atom stereocenters. The van der Waals surface area contributed by atoms with Crippen LogP contribution in [0.15, 0.2) is 42.7 Å². The molecule has 3 rings (SSSR count). The molecule has 5 nitrogen and oxygen atoms in total. The van der Waals surface area contributed by atoms with Crippen LogP contribution in [-0.2, 0) is 4.79 Å². The highest BCUT2D eigenvalue weighted by atomic mass is 35.5. The van der Waals surface area contributed by atoms with E-state index < -0.39 is 0 Å². The molecule has 0 bridgehead atoms. The van der Waals surface area contributed by atoms with Crippen molar-refractivity contribution in [3.05, 3.63) is 58.3 Å². The Morgan fingerprint density at radius 1 is 1.32 bits per heavy atom. The van der Waals surface area contributed by atoms with Crippen LogP contribution in [0.5, 0.6) is 5.75 Å². The minimum atomic E-state index is -0.00953. The molecule has 1 aromatic heterocycles. The van der Waals surface area contributed by atoms with E-state index >= 15 is 0 Å². The van der Waals surface area contributed by atoms with E-state index in [9.17, 15) is 4.79 Å². The second-order valence-corrected chi connectivity index (χ2v) is 6.53. The van der Waals surface area contributed by atoms with E-state index in [1.54, 1.807) is 30.6 Å². The molecular formula is C18H19Cl2N3O2. The average Bonchev–Trinajstić information content (AvgIpc) is 2.66. The summed E-state index contributed by atoms with van der Waals surface area (Å²) in [5, 5.41) is 4.13. The van der Waals surface area contributed by atoms with Crippen LogP contribution in [-0.4, -0.2) is 42.0 Å². The van der Waals surface area contributed by atoms with Crippen molar-refractivity contribution in [2.24, 2.45) is 0 Å². The van der Waals surface area contributed by atoms with Gasteiger partial charge in [0.1, 0.15) is 10.8 Å². The van der Waals surface area contributed by atoms with Crippen molar-refractivity contribution in [2.45, 2.75) is 12.5 Å². The summed E-state index contributed by atoms with van der Waals surface area (Å²) in [7, 11) is 0. The van der Waals surface area contributed by atoms with Crippen LogP contribution in [0.4, 0.5) is 0 Å². The number of hydrogen-bond acceptors (Lipinski definition) is 4. The molecule has 0 aliphatic carbocycles. The fraction of sp³-hybridized carbons (Fsp3) is 0.333.